The van der Waals surface area contributed by atoms with Gasteiger partial charge in [-0.25, -0.2) is 0 Å². The standard InChI is InChI=1S/C18H20/c1-2-4-14(5-3-1)18-15-8-6-12(10-15)17(18)13-7-9-16(18)11-13/h1-6,8,12-13,15-17H,7,9-11H2. The predicted molar refractivity (Wildman–Crippen MR) is 73.2 cm³/mol. The molecule has 5 rings (SSSR count). The summed E-state index contributed by atoms with van der Waals surface area (Å²) in [5, 5.41) is 0. The third-order valence-electron chi connectivity index (χ3n) is 6.67. The lowest BCUT2D eigenvalue weighted by molar-refractivity contribution is 0.153. The van der Waals surface area contributed by atoms with Crippen molar-refractivity contribution < 1.29 is 0 Å². The van der Waals surface area contributed by atoms with Crippen LogP contribution in [0.25, 0.3) is 0 Å². The Morgan fingerprint density at radius 2 is 1.83 bits per heavy atom. The Bertz CT molecular complexity index is 514. The lowest BCUT2D eigenvalue weighted by Gasteiger charge is -2.46. The number of benzene rings is 1. The van der Waals surface area contributed by atoms with Gasteiger partial charge in [-0.2, -0.15) is 0 Å². The Morgan fingerprint density at radius 1 is 0.944 bits per heavy atom. The van der Waals surface area contributed by atoms with Gasteiger partial charge in [-0.15, -0.1) is 0 Å². The number of allylic oxidation sites excluding steroid dienone is 2. The normalized spacial score (nSPS) is 51.0. The first kappa shape index (κ1) is 9.83. The zero-order valence-electron chi connectivity index (χ0n) is 10.8. The molecule has 4 aliphatic rings. The van der Waals surface area contributed by atoms with Crippen LogP contribution in [0, 0.1) is 29.6 Å². The molecule has 0 radical (unpaired) electrons. The SMILES string of the molecule is C1=CC2CC1C1C3CCC(C3)C21c1ccccc1. The first-order chi connectivity index (χ1) is 8.90. The van der Waals surface area contributed by atoms with Crippen molar-refractivity contribution in [2.24, 2.45) is 29.6 Å². The fourth-order valence-corrected chi connectivity index (χ4v) is 6.41. The molecule has 6 atom stereocenters. The van der Waals surface area contributed by atoms with Crippen molar-refractivity contribution in [2.45, 2.75) is 31.1 Å². The van der Waals surface area contributed by atoms with Crippen LogP contribution in [0.5, 0.6) is 0 Å². The Kier molecular flexibility index (Phi) is 1.69. The lowest BCUT2D eigenvalue weighted by Crippen LogP contribution is -2.43. The largest absolute Gasteiger partial charge is 0.0848 e. The summed E-state index contributed by atoms with van der Waals surface area (Å²) in [5.74, 6) is 4.76. The summed E-state index contributed by atoms with van der Waals surface area (Å²) in [6.07, 6.45) is 11.1. The molecule has 4 aliphatic carbocycles. The molecule has 0 N–H and O–H groups in total. The van der Waals surface area contributed by atoms with Gasteiger partial charge in [0.05, 0.1) is 0 Å². The van der Waals surface area contributed by atoms with E-state index in [1.54, 1.807) is 5.56 Å². The first-order valence-electron chi connectivity index (χ1n) is 7.64. The minimum Gasteiger partial charge on any atom is -0.0848 e. The van der Waals surface area contributed by atoms with E-state index in [0.717, 1.165) is 29.6 Å². The predicted octanol–water partition coefficient (Wildman–Crippen LogP) is 4.18. The van der Waals surface area contributed by atoms with Crippen molar-refractivity contribution in [1.29, 1.82) is 0 Å². The van der Waals surface area contributed by atoms with Gasteiger partial charge in [0.25, 0.3) is 0 Å². The van der Waals surface area contributed by atoms with E-state index in [1.165, 1.54) is 25.7 Å². The number of fused-ring (bicyclic) bond motifs is 9. The summed E-state index contributed by atoms with van der Waals surface area (Å²) in [6, 6.07) is 11.5. The van der Waals surface area contributed by atoms with Gasteiger partial charge in [-0.3, -0.25) is 0 Å². The van der Waals surface area contributed by atoms with Crippen molar-refractivity contribution in [3.8, 4) is 0 Å². The lowest BCUT2D eigenvalue weighted by atomic mass is 9.58. The van der Waals surface area contributed by atoms with Crippen LogP contribution >= 0.6 is 0 Å². The highest BCUT2D eigenvalue weighted by atomic mass is 14.7. The quantitative estimate of drug-likeness (QED) is 0.507. The van der Waals surface area contributed by atoms with Gasteiger partial charge in [0, 0.05) is 5.41 Å². The maximum atomic E-state index is 2.56. The Hall–Kier alpha value is -1.04. The fraction of sp³-hybridized carbons (Fsp3) is 0.556. The van der Waals surface area contributed by atoms with E-state index in [1.807, 2.05) is 0 Å². The van der Waals surface area contributed by atoms with Gasteiger partial charge in [0.2, 0.25) is 0 Å². The van der Waals surface area contributed by atoms with Crippen LogP contribution in [0.3, 0.4) is 0 Å². The highest BCUT2D eigenvalue weighted by Crippen LogP contribution is 2.72. The molecule has 0 saturated heterocycles. The van der Waals surface area contributed by atoms with Crippen molar-refractivity contribution in [3.05, 3.63) is 48.0 Å². The molecular weight excluding hydrogens is 216 g/mol. The van der Waals surface area contributed by atoms with Crippen LogP contribution in [0.1, 0.15) is 31.2 Å². The minimum absolute atomic E-state index is 0.545. The van der Waals surface area contributed by atoms with Gasteiger partial charge < -0.3 is 0 Å². The van der Waals surface area contributed by atoms with Gasteiger partial charge in [0.15, 0.2) is 0 Å². The van der Waals surface area contributed by atoms with Crippen LogP contribution < -0.4 is 0 Å². The van der Waals surface area contributed by atoms with Crippen LogP contribution in [0.4, 0.5) is 0 Å². The molecule has 1 aromatic rings. The zero-order valence-corrected chi connectivity index (χ0v) is 10.8. The van der Waals surface area contributed by atoms with E-state index in [9.17, 15) is 0 Å². The highest BCUT2D eigenvalue weighted by Gasteiger charge is 2.67. The molecule has 4 bridgehead atoms. The molecule has 0 heterocycles. The third kappa shape index (κ3) is 0.899. The molecule has 0 aromatic heterocycles. The minimum atomic E-state index is 0.545. The van der Waals surface area contributed by atoms with Gasteiger partial charge >= 0.3 is 0 Å². The maximum absolute atomic E-state index is 2.56. The second-order valence-corrected chi connectivity index (χ2v) is 6.99. The fourth-order valence-electron chi connectivity index (χ4n) is 6.41. The zero-order chi connectivity index (χ0) is 11.7. The van der Waals surface area contributed by atoms with Gasteiger partial charge in [-0.1, -0.05) is 42.5 Å². The highest BCUT2D eigenvalue weighted by molar-refractivity contribution is 5.40. The topological polar surface area (TPSA) is 0 Å². The van der Waals surface area contributed by atoms with E-state index in [0.29, 0.717) is 5.41 Å². The van der Waals surface area contributed by atoms with E-state index in [2.05, 4.69) is 42.5 Å². The van der Waals surface area contributed by atoms with E-state index >= 15 is 0 Å². The Morgan fingerprint density at radius 3 is 2.72 bits per heavy atom. The van der Waals surface area contributed by atoms with Crippen LogP contribution in [0.2, 0.25) is 0 Å². The Balaban J connectivity index is 1.76. The van der Waals surface area contributed by atoms with Crippen molar-refractivity contribution in [2.75, 3.05) is 0 Å². The van der Waals surface area contributed by atoms with E-state index in [4.69, 9.17) is 0 Å². The average molecular weight is 236 g/mol. The molecule has 0 spiro atoms. The summed E-state index contributed by atoms with van der Waals surface area (Å²) < 4.78 is 0. The molecular formula is C18H20. The molecule has 0 nitrogen and oxygen atoms in total. The molecule has 0 amide bonds. The monoisotopic (exact) mass is 236 g/mol. The summed E-state index contributed by atoms with van der Waals surface area (Å²) in [6.45, 7) is 0. The van der Waals surface area contributed by atoms with E-state index < -0.39 is 0 Å². The molecule has 0 heteroatoms. The van der Waals surface area contributed by atoms with Crippen molar-refractivity contribution in [3.63, 3.8) is 0 Å². The summed E-state index contributed by atoms with van der Waals surface area (Å²) in [7, 11) is 0. The number of hydrogen-bond donors (Lipinski definition) is 0. The molecule has 3 saturated carbocycles. The molecule has 92 valence electrons. The number of hydrogen-bond acceptors (Lipinski definition) is 0. The van der Waals surface area contributed by atoms with Crippen LogP contribution in [0.15, 0.2) is 42.5 Å². The number of rotatable bonds is 1. The second kappa shape index (κ2) is 3.10. The smallest absolute Gasteiger partial charge is 0.00806 e. The van der Waals surface area contributed by atoms with E-state index in [-0.39, 0.29) is 0 Å². The van der Waals surface area contributed by atoms with Crippen molar-refractivity contribution >= 4 is 0 Å². The molecule has 1 aromatic carbocycles. The molecule has 0 aliphatic heterocycles. The summed E-state index contributed by atoms with van der Waals surface area (Å²) in [5.41, 5.74) is 2.21. The van der Waals surface area contributed by atoms with Gasteiger partial charge in [-0.05, 0) is 60.8 Å². The molecule has 3 fully saturated rings. The Labute approximate surface area is 109 Å². The van der Waals surface area contributed by atoms with Crippen LogP contribution in [-0.4, -0.2) is 0 Å². The molecule has 6 unspecified atom stereocenters. The molecule has 18 heavy (non-hydrogen) atoms. The van der Waals surface area contributed by atoms with Crippen LogP contribution in [-0.2, 0) is 5.41 Å². The summed E-state index contributed by atoms with van der Waals surface area (Å²) >= 11 is 0. The van der Waals surface area contributed by atoms with Gasteiger partial charge in [0.1, 0.15) is 0 Å². The second-order valence-electron chi connectivity index (χ2n) is 6.99. The summed E-state index contributed by atoms with van der Waals surface area (Å²) in [4.78, 5) is 0. The maximum Gasteiger partial charge on any atom is 0.00806 e. The first-order valence-corrected chi connectivity index (χ1v) is 7.64. The third-order valence-corrected chi connectivity index (χ3v) is 6.67. The van der Waals surface area contributed by atoms with Crippen molar-refractivity contribution in [1.82, 2.24) is 0 Å². The average Bonchev–Trinajstić information content (AvgIpc) is 3.18.